The normalized spacial score (nSPS) is 9.64. The van der Waals surface area contributed by atoms with Gasteiger partial charge in [0, 0.05) is 19.2 Å². The molecule has 0 radical (unpaired) electrons. The number of nitrogens with one attached hydrogen (secondary N) is 2. The number of carbonyl (C=O) groups is 1. The SMILES string of the molecule is CCN(CC)CCNC(=O)c1cc(Cl)c(NC(C#N)=C(C#N)C#N)cc1OC. The summed E-state index contributed by atoms with van der Waals surface area (Å²) in [5, 5.41) is 32.6. The van der Waals surface area contributed by atoms with Crippen molar-refractivity contribution >= 4 is 23.2 Å². The molecule has 0 heterocycles. The molecular weight excluding hydrogens is 380 g/mol. The second-order valence-corrected chi connectivity index (χ2v) is 5.93. The highest BCUT2D eigenvalue weighted by Gasteiger charge is 2.17. The van der Waals surface area contributed by atoms with Crippen molar-refractivity contribution in [2.75, 3.05) is 38.6 Å². The zero-order chi connectivity index (χ0) is 21.1. The van der Waals surface area contributed by atoms with Crippen molar-refractivity contribution in [2.45, 2.75) is 13.8 Å². The maximum Gasteiger partial charge on any atom is 0.255 e. The Morgan fingerprint density at radius 1 is 1.18 bits per heavy atom. The molecule has 0 aliphatic rings. The lowest BCUT2D eigenvalue weighted by Gasteiger charge is -2.18. The third-order valence-electron chi connectivity index (χ3n) is 3.99. The third kappa shape index (κ3) is 5.89. The van der Waals surface area contributed by atoms with E-state index in [-0.39, 0.29) is 39.2 Å². The largest absolute Gasteiger partial charge is 0.496 e. The number of halogens is 1. The van der Waals surface area contributed by atoms with E-state index in [0.29, 0.717) is 6.54 Å². The average Bonchev–Trinajstić information content (AvgIpc) is 2.71. The highest BCUT2D eigenvalue weighted by molar-refractivity contribution is 6.33. The molecular formula is C19H21ClN6O2. The number of nitriles is 3. The average molecular weight is 401 g/mol. The second kappa shape index (κ2) is 11.5. The zero-order valence-electron chi connectivity index (χ0n) is 16.0. The first-order chi connectivity index (χ1) is 13.4. The fourth-order valence-corrected chi connectivity index (χ4v) is 2.59. The molecule has 0 saturated heterocycles. The van der Waals surface area contributed by atoms with Gasteiger partial charge in [-0.1, -0.05) is 25.4 Å². The molecule has 0 saturated carbocycles. The zero-order valence-corrected chi connectivity index (χ0v) is 16.7. The number of benzene rings is 1. The Morgan fingerprint density at radius 2 is 1.82 bits per heavy atom. The predicted octanol–water partition coefficient (Wildman–Crippen LogP) is 2.66. The van der Waals surface area contributed by atoms with Crippen molar-refractivity contribution in [1.29, 1.82) is 15.8 Å². The van der Waals surface area contributed by atoms with E-state index in [1.807, 2.05) is 13.8 Å². The third-order valence-corrected chi connectivity index (χ3v) is 4.30. The summed E-state index contributed by atoms with van der Waals surface area (Å²) in [4.78, 5) is 14.7. The van der Waals surface area contributed by atoms with Crippen LogP contribution in [0.5, 0.6) is 5.75 Å². The lowest BCUT2D eigenvalue weighted by Crippen LogP contribution is -2.34. The van der Waals surface area contributed by atoms with Gasteiger partial charge in [0.2, 0.25) is 0 Å². The maximum absolute atomic E-state index is 12.5. The number of hydrogen-bond acceptors (Lipinski definition) is 7. The summed E-state index contributed by atoms with van der Waals surface area (Å²) in [6.45, 7) is 7.07. The van der Waals surface area contributed by atoms with Gasteiger partial charge in [0.15, 0.2) is 5.57 Å². The predicted molar refractivity (Wildman–Crippen MR) is 106 cm³/mol. The van der Waals surface area contributed by atoms with Crippen molar-refractivity contribution in [3.63, 3.8) is 0 Å². The number of carbonyl (C=O) groups excluding carboxylic acids is 1. The van der Waals surface area contributed by atoms with Gasteiger partial charge in [0.1, 0.15) is 29.7 Å². The fourth-order valence-electron chi connectivity index (χ4n) is 2.38. The molecule has 9 heteroatoms. The maximum atomic E-state index is 12.5. The lowest BCUT2D eigenvalue weighted by molar-refractivity contribution is 0.0946. The van der Waals surface area contributed by atoms with Gasteiger partial charge in [-0.3, -0.25) is 4.79 Å². The standard InChI is InChI=1S/C19H21ClN6O2/c1-4-26(5-2)7-6-24-19(27)14-8-15(20)16(9-18(14)28-3)25-17(12-23)13(10-21)11-22/h8-9,25H,4-7H2,1-3H3,(H,24,27). The number of nitrogens with zero attached hydrogens (tertiary/aromatic N) is 4. The molecule has 0 aliphatic carbocycles. The monoisotopic (exact) mass is 400 g/mol. The molecule has 2 N–H and O–H groups in total. The van der Waals surface area contributed by atoms with Crippen LogP contribution in [0.3, 0.4) is 0 Å². The summed E-state index contributed by atoms with van der Waals surface area (Å²) in [7, 11) is 1.40. The van der Waals surface area contributed by atoms with E-state index in [2.05, 4.69) is 15.5 Å². The van der Waals surface area contributed by atoms with Gasteiger partial charge in [0.05, 0.1) is 23.4 Å². The summed E-state index contributed by atoms with van der Waals surface area (Å²) in [5.74, 6) is -0.108. The van der Waals surface area contributed by atoms with Crippen LogP contribution in [0.1, 0.15) is 24.2 Å². The highest BCUT2D eigenvalue weighted by Crippen LogP contribution is 2.32. The van der Waals surface area contributed by atoms with Crippen LogP contribution in [0, 0.1) is 34.0 Å². The smallest absolute Gasteiger partial charge is 0.255 e. The molecule has 1 amide bonds. The van der Waals surface area contributed by atoms with Crippen LogP contribution in [0.2, 0.25) is 5.02 Å². The van der Waals surface area contributed by atoms with Crippen molar-refractivity contribution in [3.8, 4) is 24.0 Å². The van der Waals surface area contributed by atoms with Crippen LogP contribution in [-0.2, 0) is 0 Å². The molecule has 0 unspecified atom stereocenters. The van der Waals surface area contributed by atoms with Crippen molar-refractivity contribution < 1.29 is 9.53 Å². The van der Waals surface area contributed by atoms with Gasteiger partial charge in [0.25, 0.3) is 5.91 Å². The summed E-state index contributed by atoms with van der Waals surface area (Å²) >= 11 is 6.22. The minimum atomic E-state index is -0.379. The quantitative estimate of drug-likeness (QED) is 0.610. The minimum absolute atomic E-state index is 0.137. The first-order valence-corrected chi connectivity index (χ1v) is 8.93. The number of ether oxygens (including phenoxy) is 1. The van der Waals surface area contributed by atoms with Gasteiger partial charge in [-0.25, -0.2) is 0 Å². The van der Waals surface area contributed by atoms with Crippen LogP contribution < -0.4 is 15.4 Å². The van der Waals surface area contributed by atoms with Crippen LogP contribution in [0.25, 0.3) is 0 Å². The van der Waals surface area contributed by atoms with E-state index in [1.54, 1.807) is 18.2 Å². The van der Waals surface area contributed by atoms with Crippen LogP contribution >= 0.6 is 11.6 Å². The first-order valence-electron chi connectivity index (χ1n) is 8.55. The summed E-state index contributed by atoms with van der Waals surface area (Å²) in [6, 6.07) is 7.85. The van der Waals surface area contributed by atoms with E-state index in [0.717, 1.165) is 19.6 Å². The molecule has 0 aromatic heterocycles. The summed E-state index contributed by atoms with van der Waals surface area (Å²) in [6.07, 6.45) is 0. The highest BCUT2D eigenvalue weighted by atomic mass is 35.5. The Kier molecular flexibility index (Phi) is 9.33. The Hall–Kier alpha value is -3.25. The number of hydrogen-bond donors (Lipinski definition) is 2. The van der Waals surface area contributed by atoms with E-state index < -0.39 is 0 Å². The molecule has 0 atom stereocenters. The fraction of sp³-hybridized carbons (Fsp3) is 0.368. The first kappa shape index (κ1) is 22.8. The van der Waals surface area contributed by atoms with Crippen LogP contribution in [-0.4, -0.2) is 44.1 Å². The minimum Gasteiger partial charge on any atom is -0.496 e. The van der Waals surface area contributed by atoms with Crippen molar-refractivity contribution in [3.05, 3.63) is 34.0 Å². The molecule has 0 bridgehead atoms. The number of methoxy groups -OCH3 is 1. The molecule has 0 fully saturated rings. The van der Waals surface area contributed by atoms with E-state index >= 15 is 0 Å². The summed E-state index contributed by atoms with van der Waals surface area (Å²) in [5.41, 5.74) is -0.153. The Bertz CT molecular complexity index is 856. The molecule has 146 valence electrons. The van der Waals surface area contributed by atoms with Crippen LogP contribution in [0.4, 0.5) is 5.69 Å². The Balaban J connectivity index is 3.07. The number of rotatable bonds is 9. The molecule has 1 aromatic carbocycles. The molecule has 8 nitrogen and oxygen atoms in total. The van der Waals surface area contributed by atoms with Crippen LogP contribution in [0.15, 0.2) is 23.4 Å². The van der Waals surface area contributed by atoms with E-state index in [9.17, 15) is 4.79 Å². The Labute approximate surface area is 169 Å². The number of allylic oxidation sites excluding steroid dienone is 2. The van der Waals surface area contributed by atoms with Gasteiger partial charge in [-0.2, -0.15) is 15.8 Å². The molecule has 0 aliphatic heterocycles. The van der Waals surface area contributed by atoms with Crippen molar-refractivity contribution in [1.82, 2.24) is 10.2 Å². The number of amides is 1. The van der Waals surface area contributed by atoms with E-state index in [1.165, 1.54) is 19.2 Å². The molecule has 1 rings (SSSR count). The molecule has 1 aromatic rings. The number of likely N-dealkylation sites (N-methyl/N-ethyl adjacent to an activating group) is 1. The molecule has 28 heavy (non-hydrogen) atoms. The van der Waals surface area contributed by atoms with Gasteiger partial charge in [-0.15, -0.1) is 0 Å². The lowest BCUT2D eigenvalue weighted by atomic mass is 10.1. The topological polar surface area (TPSA) is 125 Å². The van der Waals surface area contributed by atoms with Crippen molar-refractivity contribution in [2.24, 2.45) is 0 Å². The number of anilines is 1. The second-order valence-electron chi connectivity index (χ2n) is 5.53. The van der Waals surface area contributed by atoms with Gasteiger partial charge in [-0.05, 0) is 19.2 Å². The van der Waals surface area contributed by atoms with Gasteiger partial charge < -0.3 is 20.3 Å². The van der Waals surface area contributed by atoms with Gasteiger partial charge >= 0.3 is 0 Å². The molecule has 0 spiro atoms. The summed E-state index contributed by atoms with van der Waals surface area (Å²) < 4.78 is 5.26. The Morgan fingerprint density at radius 3 is 2.32 bits per heavy atom. The van der Waals surface area contributed by atoms with E-state index in [4.69, 9.17) is 32.1 Å².